The van der Waals surface area contributed by atoms with Crippen LogP contribution < -0.4 is 5.32 Å². The van der Waals surface area contributed by atoms with E-state index >= 15 is 0 Å². The highest BCUT2D eigenvalue weighted by Crippen LogP contribution is 2.25. The Bertz CT molecular complexity index is 467. The maximum Gasteiger partial charge on any atom is 0.0376 e. The van der Waals surface area contributed by atoms with Crippen molar-refractivity contribution < 1.29 is 0 Å². The molecular weight excluding hydrogens is 234 g/mol. The van der Waals surface area contributed by atoms with Crippen molar-refractivity contribution in [1.82, 2.24) is 9.80 Å². The van der Waals surface area contributed by atoms with Gasteiger partial charge in [0, 0.05) is 44.0 Å². The Kier molecular flexibility index (Phi) is 3.27. The number of hydrogen-bond acceptors (Lipinski definition) is 3. The third-order valence-electron chi connectivity index (χ3n) is 4.69. The lowest BCUT2D eigenvalue weighted by atomic mass is 9.99. The largest absolute Gasteiger partial charge is 0.384 e. The van der Waals surface area contributed by atoms with Gasteiger partial charge in [-0.25, -0.2) is 0 Å². The minimum Gasteiger partial charge on any atom is -0.384 e. The van der Waals surface area contributed by atoms with E-state index < -0.39 is 0 Å². The molecule has 0 saturated carbocycles. The van der Waals surface area contributed by atoms with Crippen molar-refractivity contribution >= 4 is 5.69 Å². The molecule has 1 N–H and O–H groups in total. The van der Waals surface area contributed by atoms with Gasteiger partial charge >= 0.3 is 0 Å². The van der Waals surface area contributed by atoms with Crippen LogP contribution in [0.3, 0.4) is 0 Å². The SMILES string of the molecule is CN1CCN(Cc2ccc3c(c2)NCC3)CC1(C)C. The number of nitrogens with zero attached hydrogens (tertiary/aromatic N) is 2. The number of piperazine rings is 1. The Labute approximate surface area is 116 Å². The van der Waals surface area contributed by atoms with Gasteiger partial charge in [0.05, 0.1) is 0 Å². The second kappa shape index (κ2) is 4.80. The molecule has 19 heavy (non-hydrogen) atoms. The average molecular weight is 259 g/mol. The molecule has 104 valence electrons. The van der Waals surface area contributed by atoms with Gasteiger partial charge in [-0.2, -0.15) is 0 Å². The summed E-state index contributed by atoms with van der Waals surface area (Å²) in [5.41, 5.74) is 4.55. The zero-order valence-electron chi connectivity index (χ0n) is 12.4. The molecule has 2 aliphatic rings. The van der Waals surface area contributed by atoms with Crippen molar-refractivity contribution in [3.05, 3.63) is 29.3 Å². The van der Waals surface area contributed by atoms with E-state index in [-0.39, 0.29) is 5.54 Å². The molecule has 0 spiro atoms. The summed E-state index contributed by atoms with van der Waals surface area (Å²) in [6.45, 7) is 10.3. The van der Waals surface area contributed by atoms with E-state index in [1.165, 1.54) is 29.8 Å². The molecule has 2 heterocycles. The number of rotatable bonds is 2. The lowest BCUT2D eigenvalue weighted by molar-refractivity contribution is 0.0360. The predicted octanol–water partition coefficient (Wildman–Crippen LogP) is 2.18. The van der Waals surface area contributed by atoms with Crippen molar-refractivity contribution in [3.63, 3.8) is 0 Å². The molecule has 0 atom stereocenters. The second-order valence-corrected chi connectivity index (χ2v) is 6.61. The topological polar surface area (TPSA) is 18.5 Å². The molecule has 0 amide bonds. The fourth-order valence-electron chi connectivity index (χ4n) is 3.17. The summed E-state index contributed by atoms with van der Waals surface area (Å²) in [6, 6.07) is 6.94. The normalized spacial score (nSPS) is 23.1. The summed E-state index contributed by atoms with van der Waals surface area (Å²) in [7, 11) is 2.23. The van der Waals surface area contributed by atoms with Crippen molar-refractivity contribution in [2.24, 2.45) is 0 Å². The molecule has 0 bridgehead atoms. The third kappa shape index (κ3) is 2.63. The van der Waals surface area contributed by atoms with Gasteiger partial charge in [0.1, 0.15) is 0 Å². The maximum absolute atomic E-state index is 3.47. The van der Waals surface area contributed by atoms with Gasteiger partial charge in [-0.1, -0.05) is 12.1 Å². The van der Waals surface area contributed by atoms with Crippen LogP contribution in [-0.4, -0.2) is 48.6 Å². The van der Waals surface area contributed by atoms with Crippen LogP contribution in [0.2, 0.25) is 0 Å². The second-order valence-electron chi connectivity index (χ2n) is 6.61. The summed E-state index contributed by atoms with van der Waals surface area (Å²) in [4.78, 5) is 5.05. The molecule has 1 aromatic carbocycles. The molecule has 0 aliphatic carbocycles. The molecule has 0 aromatic heterocycles. The number of benzene rings is 1. The molecule has 3 rings (SSSR count). The summed E-state index contributed by atoms with van der Waals surface area (Å²) >= 11 is 0. The highest BCUT2D eigenvalue weighted by atomic mass is 15.3. The monoisotopic (exact) mass is 259 g/mol. The van der Waals surface area contributed by atoms with Crippen LogP contribution in [0.4, 0.5) is 5.69 Å². The van der Waals surface area contributed by atoms with E-state index in [2.05, 4.69) is 54.2 Å². The first-order chi connectivity index (χ1) is 9.04. The van der Waals surface area contributed by atoms with Crippen LogP contribution in [0.15, 0.2) is 18.2 Å². The van der Waals surface area contributed by atoms with Crippen molar-refractivity contribution in [3.8, 4) is 0 Å². The standard InChI is InChI=1S/C16H25N3/c1-16(2)12-19(9-8-18(16)3)11-13-4-5-14-6-7-17-15(14)10-13/h4-5,10,17H,6-9,11-12H2,1-3H3. The number of nitrogens with one attached hydrogen (secondary N) is 1. The first-order valence-electron chi connectivity index (χ1n) is 7.34. The van der Waals surface area contributed by atoms with Crippen molar-refractivity contribution in [2.45, 2.75) is 32.4 Å². The molecular formula is C16H25N3. The zero-order valence-corrected chi connectivity index (χ0v) is 12.4. The lowest BCUT2D eigenvalue weighted by Crippen LogP contribution is -2.57. The van der Waals surface area contributed by atoms with Gasteiger partial charge in [-0.05, 0) is 44.5 Å². The lowest BCUT2D eigenvalue weighted by Gasteiger charge is -2.45. The highest BCUT2D eigenvalue weighted by Gasteiger charge is 2.30. The molecule has 1 aromatic rings. The summed E-state index contributed by atoms with van der Waals surface area (Å²) in [6.07, 6.45) is 1.18. The highest BCUT2D eigenvalue weighted by molar-refractivity contribution is 5.57. The molecule has 1 saturated heterocycles. The summed E-state index contributed by atoms with van der Waals surface area (Å²) < 4.78 is 0. The minimum absolute atomic E-state index is 0.285. The number of hydrogen-bond donors (Lipinski definition) is 1. The van der Waals surface area contributed by atoms with Crippen LogP contribution >= 0.6 is 0 Å². The Morgan fingerprint density at radius 1 is 1.26 bits per heavy atom. The van der Waals surface area contributed by atoms with E-state index in [1.54, 1.807) is 0 Å². The van der Waals surface area contributed by atoms with Crippen LogP contribution in [0.25, 0.3) is 0 Å². The fraction of sp³-hybridized carbons (Fsp3) is 0.625. The maximum atomic E-state index is 3.47. The minimum atomic E-state index is 0.285. The summed E-state index contributed by atoms with van der Waals surface area (Å²) in [5, 5.41) is 3.47. The van der Waals surface area contributed by atoms with E-state index in [0.29, 0.717) is 0 Å². The van der Waals surface area contributed by atoms with Crippen LogP contribution in [0.5, 0.6) is 0 Å². The zero-order chi connectivity index (χ0) is 13.5. The smallest absolute Gasteiger partial charge is 0.0376 e. The quantitative estimate of drug-likeness (QED) is 0.878. The van der Waals surface area contributed by atoms with Gasteiger partial charge in [0.25, 0.3) is 0 Å². The Morgan fingerprint density at radius 3 is 2.89 bits per heavy atom. The third-order valence-corrected chi connectivity index (χ3v) is 4.69. The van der Waals surface area contributed by atoms with Crippen LogP contribution in [0.1, 0.15) is 25.0 Å². The van der Waals surface area contributed by atoms with E-state index in [4.69, 9.17) is 0 Å². The van der Waals surface area contributed by atoms with Gasteiger partial charge in [-0.15, -0.1) is 0 Å². The van der Waals surface area contributed by atoms with Gasteiger partial charge in [-0.3, -0.25) is 9.80 Å². The van der Waals surface area contributed by atoms with E-state index in [0.717, 1.165) is 26.2 Å². The number of likely N-dealkylation sites (N-methyl/N-ethyl adjacent to an activating group) is 1. The first-order valence-corrected chi connectivity index (χ1v) is 7.34. The van der Waals surface area contributed by atoms with Crippen molar-refractivity contribution in [1.29, 1.82) is 0 Å². The number of fused-ring (bicyclic) bond motifs is 1. The predicted molar refractivity (Wildman–Crippen MR) is 80.6 cm³/mol. The van der Waals surface area contributed by atoms with Crippen LogP contribution in [-0.2, 0) is 13.0 Å². The molecule has 3 nitrogen and oxygen atoms in total. The van der Waals surface area contributed by atoms with Gasteiger partial charge in [0.2, 0.25) is 0 Å². The Balaban J connectivity index is 1.69. The van der Waals surface area contributed by atoms with Gasteiger partial charge < -0.3 is 5.32 Å². The Hall–Kier alpha value is -1.06. The van der Waals surface area contributed by atoms with E-state index in [9.17, 15) is 0 Å². The van der Waals surface area contributed by atoms with Crippen LogP contribution in [0, 0.1) is 0 Å². The number of anilines is 1. The Morgan fingerprint density at radius 2 is 2.11 bits per heavy atom. The molecule has 2 aliphatic heterocycles. The van der Waals surface area contributed by atoms with Crippen molar-refractivity contribution in [2.75, 3.05) is 38.5 Å². The van der Waals surface area contributed by atoms with E-state index in [1.807, 2.05) is 0 Å². The molecule has 1 fully saturated rings. The average Bonchev–Trinajstić information content (AvgIpc) is 2.81. The molecule has 0 unspecified atom stereocenters. The van der Waals surface area contributed by atoms with Gasteiger partial charge in [0.15, 0.2) is 0 Å². The summed E-state index contributed by atoms with van der Waals surface area (Å²) in [5.74, 6) is 0. The fourth-order valence-corrected chi connectivity index (χ4v) is 3.17. The first kappa shape index (κ1) is 12.9. The molecule has 0 radical (unpaired) electrons. The molecule has 3 heteroatoms.